The second-order valence-corrected chi connectivity index (χ2v) is 3.46. The maximum Gasteiger partial charge on any atom is 0.314 e. The first kappa shape index (κ1) is 12.5. The van der Waals surface area contributed by atoms with Crippen molar-refractivity contribution in [1.82, 2.24) is 5.32 Å². The molecule has 0 radical (unpaired) electrons. The molecule has 1 aliphatic heterocycles. The van der Waals surface area contributed by atoms with Gasteiger partial charge in [0, 0.05) is 12.1 Å². The summed E-state index contributed by atoms with van der Waals surface area (Å²) in [6, 6.07) is 2.67. The number of nitro groups is 1. The van der Waals surface area contributed by atoms with E-state index in [2.05, 4.69) is 5.32 Å². The van der Waals surface area contributed by atoms with Crippen molar-refractivity contribution in [1.29, 1.82) is 0 Å². The van der Waals surface area contributed by atoms with Gasteiger partial charge < -0.3 is 15.5 Å². The first-order valence-corrected chi connectivity index (χ1v) is 4.53. The Balaban J connectivity index is 0.00000128. The zero-order valence-corrected chi connectivity index (χ0v) is 9.03. The van der Waals surface area contributed by atoms with Crippen molar-refractivity contribution in [3.63, 3.8) is 0 Å². The minimum Gasteiger partial charge on any atom is -0.504 e. The fourth-order valence-corrected chi connectivity index (χ4v) is 1.54. The Morgan fingerprint density at radius 3 is 2.50 bits per heavy atom. The van der Waals surface area contributed by atoms with Gasteiger partial charge in [0.05, 0.1) is 4.92 Å². The molecule has 0 unspecified atom stereocenters. The Bertz CT molecular complexity index is 420. The molecule has 7 heteroatoms. The first-order valence-electron chi connectivity index (χ1n) is 4.53. The number of phenols is 2. The van der Waals surface area contributed by atoms with Gasteiger partial charge in [-0.25, -0.2) is 0 Å². The Hall–Kier alpha value is -1.53. The number of nitrogens with zero attached hydrogens (tertiary/aromatic N) is 1. The Kier molecular flexibility index (Phi) is 3.56. The van der Waals surface area contributed by atoms with Crippen LogP contribution in [-0.4, -0.2) is 21.7 Å². The quantitative estimate of drug-likeness (QED) is 0.417. The second kappa shape index (κ2) is 4.54. The Labute approximate surface area is 97.5 Å². The molecule has 1 aromatic carbocycles. The molecule has 3 N–H and O–H groups in total. The van der Waals surface area contributed by atoms with Crippen LogP contribution in [-0.2, 0) is 0 Å². The number of phenolic OH excluding ortho intramolecular Hbond substituents is 2. The highest BCUT2D eigenvalue weighted by atomic mass is 35.5. The van der Waals surface area contributed by atoms with E-state index in [-0.39, 0.29) is 18.4 Å². The van der Waals surface area contributed by atoms with Gasteiger partial charge in [-0.3, -0.25) is 10.1 Å². The van der Waals surface area contributed by atoms with Crippen molar-refractivity contribution < 1.29 is 15.1 Å². The lowest BCUT2D eigenvalue weighted by atomic mass is 9.97. The van der Waals surface area contributed by atoms with Gasteiger partial charge in [-0.2, -0.15) is 0 Å². The molecule has 1 atom stereocenters. The highest BCUT2D eigenvalue weighted by Crippen LogP contribution is 2.39. The first-order chi connectivity index (χ1) is 7.09. The lowest BCUT2D eigenvalue weighted by molar-refractivity contribution is -0.386. The fraction of sp³-hybridized carbons (Fsp3) is 0.333. The fourth-order valence-electron chi connectivity index (χ4n) is 1.54. The number of hydrogen-bond acceptors (Lipinski definition) is 5. The molecule has 0 bridgehead atoms. The van der Waals surface area contributed by atoms with E-state index in [0.29, 0.717) is 5.56 Å². The van der Waals surface area contributed by atoms with E-state index < -0.39 is 22.1 Å². The van der Waals surface area contributed by atoms with Crippen molar-refractivity contribution in [2.24, 2.45) is 0 Å². The second-order valence-electron chi connectivity index (χ2n) is 3.46. The molecule has 16 heavy (non-hydrogen) atoms. The molecule has 0 aromatic heterocycles. The molecular weight excluding hydrogens is 236 g/mol. The third kappa shape index (κ3) is 2.02. The van der Waals surface area contributed by atoms with Crippen LogP contribution in [0, 0.1) is 10.1 Å². The van der Waals surface area contributed by atoms with Gasteiger partial charge in [-0.15, -0.1) is 12.4 Å². The van der Waals surface area contributed by atoms with E-state index in [0.717, 1.165) is 13.0 Å². The summed E-state index contributed by atoms with van der Waals surface area (Å²) in [5.41, 5.74) is 0.168. The van der Waals surface area contributed by atoms with E-state index in [1.165, 1.54) is 12.1 Å². The molecule has 0 aliphatic carbocycles. The van der Waals surface area contributed by atoms with Crippen LogP contribution in [0.4, 0.5) is 5.69 Å². The average molecular weight is 247 g/mol. The van der Waals surface area contributed by atoms with Crippen LogP contribution in [0.25, 0.3) is 0 Å². The van der Waals surface area contributed by atoms with Crippen LogP contribution in [0.15, 0.2) is 12.1 Å². The molecule has 2 rings (SSSR count). The van der Waals surface area contributed by atoms with Crippen molar-refractivity contribution in [2.75, 3.05) is 6.54 Å². The number of halogens is 1. The minimum absolute atomic E-state index is 0. The zero-order chi connectivity index (χ0) is 11.0. The molecular formula is C9H11ClN2O4. The van der Waals surface area contributed by atoms with E-state index in [1.54, 1.807) is 0 Å². The molecule has 1 aliphatic rings. The number of hydrogen-bond donors (Lipinski definition) is 3. The van der Waals surface area contributed by atoms with E-state index in [1.807, 2.05) is 0 Å². The number of nitrogens with one attached hydrogen (secondary N) is 1. The molecule has 1 saturated heterocycles. The van der Waals surface area contributed by atoms with Crippen molar-refractivity contribution in [3.05, 3.63) is 27.8 Å². The molecule has 1 heterocycles. The molecule has 0 amide bonds. The van der Waals surface area contributed by atoms with E-state index in [4.69, 9.17) is 0 Å². The van der Waals surface area contributed by atoms with Crippen LogP contribution in [0.3, 0.4) is 0 Å². The van der Waals surface area contributed by atoms with E-state index in [9.17, 15) is 20.3 Å². The predicted molar refractivity (Wildman–Crippen MR) is 59.0 cm³/mol. The van der Waals surface area contributed by atoms with Crippen LogP contribution >= 0.6 is 12.4 Å². The highest BCUT2D eigenvalue weighted by molar-refractivity contribution is 5.85. The lowest BCUT2D eigenvalue weighted by Gasteiger charge is -2.27. The minimum atomic E-state index is -0.711. The monoisotopic (exact) mass is 246 g/mol. The van der Waals surface area contributed by atoms with E-state index >= 15 is 0 Å². The number of nitro benzene ring substituents is 1. The van der Waals surface area contributed by atoms with Crippen LogP contribution < -0.4 is 5.32 Å². The SMILES string of the molecule is Cl.O=[N+]([O-])c1cc([C@H]2CCN2)cc(O)c1O. The van der Waals surface area contributed by atoms with Crippen molar-refractivity contribution in [3.8, 4) is 11.5 Å². The summed E-state index contributed by atoms with van der Waals surface area (Å²) >= 11 is 0. The zero-order valence-electron chi connectivity index (χ0n) is 8.21. The summed E-state index contributed by atoms with van der Waals surface area (Å²) in [4.78, 5) is 9.86. The summed E-state index contributed by atoms with van der Waals surface area (Å²) in [5, 5.41) is 32.2. The summed E-state index contributed by atoms with van der Waals surface area (Å²) in [5.74, 6) is -1.13. The lowest BCUT2D eigenvalue weighted by Crippen LogP contribution is -2.34. The molecule has 0 saturated carbocycles. The maximum atomic E-state index is 10.6. The largest absolute Gasteiger partial charge is 0.504 e. The van der Waals surface area contributed by atoms with Gasteiger partial charge in [0.15, 0.2) is 5.75 Å². The molecule has 1 fully saturated rings. The van der Waals surface area contributed by atoms with Gasteiger partial charge in [0.25, 0.3) is 0 Å². The smallest absolute Gasteiger partial charge is 0.314 e. The van der Waals surface area contributed by atoms with Crippen molar-refractivity contribution >= 4 is 18.1 Å². The van der Waals surface area contributed by atoms with Crippen LogP contribution in [0.5, 0.6) is 11.5 Å². The summed E-state index contributed by atoms with van der Waals surface area (Å²) in [7, 11) is 0. The highest BCUT2D eigenvalue weighted by Gasteiger charge is 2.25. The van der Waals surface area contributed by atoms with Crippen LogP contribution in [0.1, 0.15) is 18.0 Å². The van der Waals surface area contributed by atoms with Gasteiger partial charge in [0.1, 0.15) is 0 Å². The number of rotatable bonds is 2. The van der Waals surface area contributed by atoms with Crippen LogP contribution in [0.2, 0.25) is 0 Å². The average Bonchev–Trinajstić information content (AvgIpc) is 2.07. The van der Waals surface area contributed by atoms with Gasteiger partial charge in [-0.1, -0.05) is 0 Å². The Morgan fingerprint density at radius 2 is 2.06 bits per heavy atom. The Morgan fingerprint density at radius 1 is 1.44 bits per heavy atom. The topological polar surface area (TPSA) is 95.6 Å². The third-order valence-electron chi connectivity index (χ3n) is 2.51. The standard InChI is InChI=1S/C9H10N2O4.ClH/c12-8-4-5(6-1-2-10-6)3-7(9(8)13)11(14)15;/h3-4,6,10,12-13H,1-2H2;1H/t6-;/m1./s1. The molecule has 1 aromatic rings. The number of aromatic hydroxyl groups is 2. The van der Waals surface area contributed by atoms with Crippen molar-refractivity contribution in [2.45, 2.75) is 12.5 Å². The maximum absolute atomic E-state index is 10.6. The van der Waals surface area contributed by atoms with Gasteiger partial charge in [0.2, 0.25) is 5.75 Å². The summed E-state index contributed by atoms with van der Waals surface area (Å²) < 4.78 is 0. The molecule has 6 nitrogen and oxygen atoms in total. The predicted octanol–water partition coefficient (Wildman–Crippen LogP) is 1.46. The summed E-state index contributed by atoms with van der Waals surface area (Å²) in [6.07, 6.45) is 0.876. The third-order valence-corrected chi connectivity index (χ3v) is 2.51. The number of benzene rings is 1. The van der Waals surface area contributed by atoms with Gasteiger partial charge in [-0.05, 0) is 24.6 Å². The molecule has 0 spiro atoms. The molecule has 88 valence electrons. The summed E-state index contributed by atoms with van der Waals surface area (Å²) in [6.45, 7) is 0.861. The van der Waals surface area contributed by atoms with Gasteiger partial charge >= 0.3 is 5.69 Å². The normalized spacial score (nSPS) is 18.4.